The molecule has 2 aliphatic rings. The molecule has 0 aliphatic heterocycles. The van der Waals surface area contributed by atoms with E-state index in [1.165, 1.54) is 0 Å². The third-order valence-corrected chi connectivity index (χ3v) is 4.72. The molecule has 2 fully saturated rings. The van der Waals surface area contributed by atoms with Crippen LogP contribution in [0.5, 0.6) is 0 Å². The van der Waals surface area contributed by atoms with Crippen LogP contribution in [0.1, 0.15) is 55.0 Å². The van der Waals surface area contributed by atoms with E-state index in [0.29, 0.717) is 30.4 Å². The van der Waals surface area contributed by atoms with E-state index in [4.69, 9.17) is 4.74 Å². The molecule has 128 valence electrons. The summed E-state index contributed by atoms with van der Waals surface area (Å²) >= 11 is 0. The summed E-state index contributed by atoms with van der Waals surface area (Å²) in [5, 5.41) is 21.4. The first-order valence-corrected chi connectivity index (χ1v) is 8.39. The van der Waals surface area contributed by atoms with Gasteiger partial charge in [0.15, 0.2) is 5.82 Å². The standard InChI is InChI=1S/C16H22N6O2/c1-24-8-12-6-14(18-9-17-12)19-11-4-10(5-11)16-21-20-15(7-23)22(16)13-2-3-13/h6,9-11,13,23H,2-5,7-8H2,1H3,(H,17,18,19). The molecule has 8 heteroatoms. The lowest BCUT2D eigenvalue weighted by Gasteiger charge is -2.35. The van der Waals surface area contributed by atoms with E-state index in [1.807, 2.05) is 6.07 Å². The molecule has 2 heterocycles. The van der Waals surface area contributed by atoms with Crippen LogP contribution in [0.2, 0.25) is 0 Å². The number of aliphatic hydroxyl groups excluding tert-OH is 1. The SMILES string of the molecule is COCc1cc(NC2CC(c3nnc(CO)n3C3CC3)C2)ncn1. The van der Waals surface area contributed by atoms with Crippen molar-refractivity contribution in [2.24, 2.45) is 0 Å². The fourth-order valence-corrected chi connectivity index (χ4v) is 3.31. The Bertz CT molecular complexity index is 708. The summed E-state index contributed by atoms with van der Waals surface area (Å²) in [4.78, 5) is 8.44. The Kier molecular flexibility index (Phi) is 4.15. The molecule has 0 spiro atoms. The maximum Gasteiger partial charge on any atom is 0.159 e. The maximum absolute atomic E-state index is 9.44. The van der Waals surface area contributed by atoms with Crippen LogP contribution in [0.25, 0.3) is 0 Å². The van der Waals surface area contributed by atoms with E-state index in [9.17, 15) is 5.11 Å². The van der Waals surface area contributed by atoms with Gasteiger partial charge in [-0.15, -0.1) is 10.2 Å². The first-order valence-electron chi connectivity index (χ1n) is 8.39. The lowest BCUT2D eigenvalue weighted by atomic mass is 9.79. The van der Waals surface area contributed by atoms with Crippen molar-refractivity contribution in [3.05, 3.63) is 29.7 Å². The number of rotatable bonds is 7. The predicted octanol–water partition coefficient (Wildman–Crippen LogP) is 1.40. The van der Waals surface area contributed by atoms with Gasteiger partial charge >= 0.3 is 0 Å². The van der Waals surface area contributed by atoms with Crippen molar-refractivity contribution in [1.82, 2.24) is 24.7 Å². The highest BCUT2D eigenvalue weighted by Crippen LogP contribution is 2.43. The molecule has 2 aliphatic carbocycles. The van der Waals surface area contributed by atoms with Gasteiger partial charge in [-0.1, -0.05) is 0 Å². The number of methoxy groups -OCH3 is 1. The van der Waals surface area contributed by atoms with Gasteiger partial charge in [0.25, 0.3) is 0 Å². The number of ether oxygens (including phenoxy) is 1. The second-order valence-electron chi connectivity index (χ2n) is 6.57. The Labute approximate surface area is 140 Å². The van der Waals surface area contributed by atoms with Gasteiger partial charge in [0.2, 0.25) is 0 Å². The van der Waals surface area contributed by atoms with E-state index in [2.05, 4.69) is 30.0 Å². The van der Waals surface area contributed by atoms with Crippen molar-refractivity contribution < 1.29 is 9.84 Å². The van der Waals surface area contributed by atoms with E-state index in [1.54, 1.807) is 13.4 Å². The summed E-state index contributed by atoms with van der Waals surface area (Å²) in [5.74, 6) is 2.96. The highest BCUT2D eigenvalue weighted by molar-refractivity contribution is 5.37. The third kappa shape index (κ3) is 2.99. The van der Waals surface area contributed by atoms with E-state index >= 15 is 0 Å². The molecule has 2 aromatic heterocycles. The van der Waals surface area contributed by atoms with E-state index < -0.39 is 0 Å². The van der Waals surface area contributed by atoms with Crippen molar-refractivity contribution in [1.29, 1.82) is 0 Å². The Morgan fingerprint density at radius 3 is 2.83 bits per heavy atom. The van der Waals surface area contributed by atoms with E-state index in [-0.39, 0.29) is 6.61 Å². The quantitative estimate of drug-likeness (QED) is 0.792. The molecule has 4 rings (SSSR count). The molecule has 24 heavy (non-hydrogen) atoms. The molecule has 0 saturated heterocycles. The van der Waals surface area contributed by atoms with Crippen molar-refractivity contribution in [3.8, 4) is 0 Å². The summed E-state index contributed by atoms with van der Waals surface area (Å²) in [6, 6.07) is 2.79. The number of anilines is 1. The first-order chi connectivity index (χ1) is 11.8. The highest BCUT2D eigenvalue weighted by Gasteiger charge is 2.38. The zero-order chi connectivity index (χ0) is 16.5. The molecule has 0 atom stereocenters. The predicted molar refractivity (Wildman–Crippen MR) is 86.3 cm³/mol. The van der Waals surface area contributed by atoms with Crippen molar-refractivity contribution in [2.75, 3.05) is 12.4 Å². The maximum atomic E-state index is 9.44. The number of nitrogens with one attached hydrogen (secondary N) is 1. The van der Waals surface area contributed by atoms with Crippen LogP contribution in [0, 0.1) is 0 Å². The molecule has 0 amide bonds. The van der Waals surface area contributed by atoms with Crippen LogP contribution in [-0.2, 0) is 18.0 Å². The van der Waals surface area contributed by atoms with Gasteiger partial charge in [-0.3, -0.25) is 0 Å². The summed E-state index contributed by atoms with van der Waals surface area (Å²) < 4.78 is 7.26. The smallest absolute Gasteiger partial charge is 0.159 e. The molecule has 2 saturated carbocycles. The van der Waals surface area contributed by atoms with Crippen LogP contribution >= 0.6 is 0 Å². The van der Waals surface area contributed by atoms with Gasteiger partial charge in [-0.25, -0.2) is 9.97 Å². The molecule has 2 aromatic rings. The number of hydrogen-bond acceptors (Lipinski definition) is 7. The van der Waals surface area contributed by atoms with Gasteiger partial charge in [0.1, 0.15) is 24.6 Å². The second-order valence-corrected chi connectivity index (χ2v) is 6.57. The van der Waals surface area contributed by atoms with Gasteiger partial charge in [0, 0.05) is 31.2 Å². The topological polar surface area (TPSA) is 98.0 Å². The zero-order valence-corrected chi connectivity index (χ0v) is 13.7. The molecule has 8 nitrogen and oxygen atoms in total. The van der Waals surface area contributed by atoms with Crippen LogP contribution in [-0.4, -0.2) is 43.0 Å². The van der Waals surface area contributed by atoms with Crippen molar-refractivity contribution in [2.45, 2.75) is 56.9 Å². The van der Waals surface area contributed by atoms with Crippen LogP contribution in [0.3, 0.4) is 0 Å². The number of aromatic nitrogens is 5. The van der Waals surface area contributed by atoms with Crippen LogP contribution < -0.4 is 5.32 Å². The van der Waals surface area contributed by atoms with Gasteiger partial charge in [-0.2, -0.15) is 0 Å². The lowest BCUT2D eigenvalue weighted by molar-refractivity contribution is 0.181. The zero-order valence-electron chi connectivity index (χ0n) is 13.7. The molecule has 2 N–H and O–H groups in total. The fourth-order valence-electron chi connectivity index (χ4n) is 3.31. The Morgan fingerprint density at radius 1 is 1.29 bits per heavy atom. The Morgan fingerprint density at radius 2 is 2.12 bits per heavy atom. The molecular weight excluding hydrogens is 308 g/mol. The largest absolute Gasteiger partial charge is 0.388 e. The molecule has 0 aromatic carbocycles. The Hall–Kier alpha value is -2.06. The minimum absolute atomic E-state index is 0.0406. The average molecular weight is 330 g/mol. The van der Waals surface area contributed by atoms with Crippen LogP contribution in [0.4, 0.5) is 5.82 Å². The molecule has 0 bridgehead atoms. The van der Waals surface area contributed by atoms with Gasteiger partial charge < -0.3 is 19.7 Å². The highest BCUT2D eigenvalue weighted by atomic mass is 16.5. The third-order valence-electron chi connectivity index (χ3n) is 4.72. The number of aliphatic hydroxyl groups is 1. The number of hydrogen-bond donors (Lipinski definition) is 2. The first kappa shape index (κ1) is 15.5. The summed E-state index contributed by atoms with van der Waals surface area (Å²) in [6.45, 7) is 0.444. The Balaban J connectivity index is 1.38. The monoisotopic (exact) mass is 330 g/mol. The van der Waals surface area contributed by atoms with Gasteiger partial charge in [-0.05, 0) is 25.7 Å². The molecule has 0 unspecified atom stereocenters. The minimum Gasteiger partial charge on any atom is -0.388 e. The number of nitrogens with zero attached hydrogens (tertiary/aromatic N) is 5. The lowest BCUT2D eigenvalue weighted by Crippen LogP contribution is -2.35. The summed E-state index contributed by atoms with van der Waals surface area (Å²) in [7, 11) is 1.66. The normalized spacial score (nSPS) is 23.1. The molecule has 0 radical (unpaired) electrons. The molecular formula is C16H22N6O2. The summed E-state index contributed by atoms with van der Waals surface area (Å²) in [5.41, 5.74) is 0.868. The van der Waals surface area contributed by atoms with E-state index in [0.717, 1.165) is 43.0 Å². The second kappa shape index (κ2) is 6.45. The van der Waals surface area contributed by atoms with Crippen molar-refractivity contribution >= 4 is 5.82 Å². The van der Waals surface area contributed by atoms with Crippen molar-refractivity contribution in [3.63, 3.8) is 0 Å². The fraction of sp³-hybridized carbons (Fsp3) is 0.625. The average Bonchev–Trinajstić information content (AvgIpc) is 3.30. The van der Waals surface area contributed by atoms with Gasteiger partial charge in [0.05, 0.1) is 12.3 Å². The minimum atomic E-state index is -0.0406. The van der Waals surface area contributed by atoms with Crippen LogP contribution in [0.15, 0.2) is 12.4 Å². The summed E-state index contributed by atoms with van der Waals surface area (Å²) in [6.07, 6.45) is 5.88.